The quantitative estimate of drug-likeness (QED) is 0.850. The van der Waals surface area contributed by atoms with Crippen LogP contribution in [0.5, 0.6) is 0 Å². The highest BCUT2D eigenvalue weighted by atomic mass is 79.9. The fourth-order valence-corrected chi connectivity index (χ4v) is 3.36. The molecule has 1 N–H and O–H groups in total. The maximum Gasteiger partial charge on any atom is 0.0849 e. The largest absolute Gasteiger partial charge is 0.388 e. The maximum absolute atomic E-state index is 10.1. The minimum Gasteiger partial charge on any atom is -0.388 e. The van der Waals surface area contributed by atoms with E-state index in [1.165, 1.54) is 0 Å². The van der Waals surface area contributed by atoms with Gasteiger partial charge in [-0.05, 0) is 39.0 Å². The smallest absolute Gasteiger partial charge is 0.0849 e. The molecular weight excluding hydrogens is 352 g/mol. The lowest BCUT2D eigenvalue weighted by Gasteiger charge is -2.10. The van der Waals surface area contributed by atoms with E-state index in [1.54, 1.807) is 11.3 Å². The van der Waals surface area contributed by atoms with Crippen molar-refractivity contribution in [3.05, 3.63) is 55.1 Å². The molecule has 0 fully saturated rings. The van der Waals surface area contributed by atoms with Gasteiger partial charge in [-0.3, -0.25) is 0 Å². The van der Waals surface area contributed by atoms with Crippen molar-refractivity contribution < 1.29 is 5.11 Å². The number of aliphatic hydroxyl groups excluding tert-OH is 1. The van der Waals surface area contributed by atoms with Crippen LogP contribution in [-0.4, -0.2) is 5.11 Å². The molecule has 0 radical (unpaired) electrons. The molecular formula is C12H10Br2OS. The summed E-state index contributed by atoms with van der Waals surface area (Å²) in [4.78, 5) is 0. The van der Waals surface area contributed by atoms with E-state index >= 15 is 0 Å². The Bertz CT molecular complexity index is 464. The lowest BCUT2D eigenvalue weighted by atomic mass is 10.0. The summed E-state index contributed by atoms with van der Waals surface area (Å²) in [5, 5.41) is 14.0. The fraction of sp³-hybridized carbons (Fsp3) is 0.167. The van der Waals surface area contributed by atoms with E-state index in [9.17, 15) is 5.11 Å². The van der Waals surface area contributed by atoms with Crippen molar-refractivity contribution in [3.63, 3.8) is 0 Å². The Morgan fingerprint density at radius 2 is 1.81 bits per heavy atom. The topological polar surface area (TPSA) is 20.2 Å². The summed E-state index contributed by atoms with van der Waals surface area (Å²) >= 11 is 8.42. The average Bonchev–Trinajstić information content (AvgIpc) is 2.68. The zero-order valence-electron chi connectivity index (χ0n) is 8.36. The molecule has 0 amide bonds. The molecule has 0 spiro atoms. The van der Waals surface area contributed by atoms with Crippen LogP contribution in [0.15, 0.2) is 44.0 Å². The molecule has 0 aliphatic heterocycles. The van der Waals surface area contributed by atoms with Crippen LogP contribution >= 0.6 is 43.2 Å². The Hall–Kier alpha value is -0.160. The van der Waals surface area contributed by atoms with Crippen LogP contribution in [0.1, 0.15) is 17.2 Å². The summed E-state index contributed by atoms with van der Waals surface area (Å²) in [6.45, 7) is 0. The summed E-state index contributed by atoms with van der Waals surface area (Å²) in [6.07, 6.45) is 0.199. The molecule has 0 aliphatic carbocycles. The number of hydrogen-bond acceptors (Lipinski definition) is 2. The van der Waals surface area contributed by atoms with Gasteiger partial charge in [-0.1, -0.05) is 28.1 Å². The van der Waals surface area contributed by atoms with E-state index < -0.39 is 6.10 Å². The second kappa shape index (κ2) is 5.45. The van der Waals surface area contributed by atoms with Gasteiger partial charge in [-0.25, -0.2) is 0 Å². The van der Waals surface area contributed by atoms with Crippen LogP contribution in [0.3, 0.4) is 0 Å². The molecule has 0 saturated heterocycles. The Morgan fingerprint density at radius 3 is 2.38 bits per heavy atom. The van der Waals surface area contributed by atoms with Crippen LogP contribution < -0.4 is 0 Å². The third kappa shape index (κ3) is 2.94. The Morgan fingerprint density at radius 1 is 1.12 bits per heavy atom. The van der Waals surface area contributed by atoms with Crippen molar-refractivity contribution in [1.82, 2.24) is 0 Å². The van der Waals surface area contributed by atoms with Gasteiger partial charge in [0.1, 0.15) is 0 Å². The molecule has 2 aromatic rings. The summed E-state index contributed by atoms with van der Waals surface area (Å²) in [6, 6.07) is 8.02. The van der Waals surface area contributed by atoms with Crippen molar-refractivity contribution in [2.45, 2.75) is 12.5 Å². The Labute approximate surface area is 115 Å². The van der Waals surface area contributed by atoms with Crippen LogP contribution in [0.2, 0.25) is 0 Å². The SMILES string of the molecule is OC(Cc1ccc(Br)cc1)c1cscc1Br. The number of rotatable bonds is 3. The fourth-order valence-electron chi connectivity index (χ4n) is 1.48. The van der Waals surface area contributed by atoms with Gasteiger partial charge in [0, 0.05) is 26.3 Å². The first-order chi connectivity index (χ1) is 7.66. The highest BCUT2D eigenvalue weighted by Gasteiger charge is 2.12. The van der Waals surface area contributed by atoms with E-state index in [1.807, 2.05) is 35.0 Å². The summed E-state index contributed by atoms with van der Waals surface area (Å²) in [5.74, 6) is 0. The molecule has 1 aromatic heterocycles. The van der Waals surface area contributed by atoms with Crippen LogP contribution in [0, 0.1) is 0 Å². The van der Waals surface area contributed by atoms with Gasteiger partial charge in [0.15, 0.2) is 0 Å². The molecule has 1 atom stereocenters. The van der Waals surface area contributed by atoms with Crippen molar-refractivity contribution >= 4 is 43.2 Å². The lowest BCUT2D eigenvalue weighted by Crippen LogP contribution is -2.00. The third-order valence-corrected chi connectivity index (χ3v) is 4.62. The highest BCUT2D eigenvalue weighted by Crippen LogP contribution is 2.29. The van der Waals surface area contributed by atoms with E-state index in [4.69, 9.17) is 0 Å². The zero-order valence-corrected chi connectivity index (χ0v) is 12.3. The monoisotopic (exact) mass is 360 g/mol. The molecule has 1 unspecified atom stereocenters. The van der Waals surface area contributed by atoms with Gasteiger partial charge in [0.25, 0.3) is 0 Å². The van der Waals surface area contributed by atoms with E-state index in [0.29, 0.717) is 6.42 Å². The van der Waals surface area contributed by atoms with Gasteiger partial charge in [-0.15, -0.1) is 0 Å². The maximum atomic E-state index is 10.1. The van der Waals surface area contributed by atoms with Gasteiger partial charge < -0.3 is 5.11 Å². The second-order valence-electron chi connectivity index (χ2n) is 3.52. The molecule has 4 heteroatoms. The molecule has 0 saturated carbocycles. The number of hydrogen-bond donors (Lipinski definition) is 1. The molecule has 1 nitrogen and oxygen atoms in total. The van der Waals surface area contributed by atoms with Gasteiger partial charge in [0.05, 0.1) is 6.10 Å². The third-order valence-electron chi connectivity index (χ3n) is 2.34. The molecule has 1 heterocycles. The minimum atomic E-state index is -0.443. The number of benzene rings is 1. The van der Waals surface area contributed by atoms with Crippen molar-refractivity contribution in [2.24, 2.45) is 0 Å². The molecule has 0 aliphatic rings. The number of halogens is 2. The highest BCUT2D eigenvalue weighted by molar-refractivity contribution is 9.10. The predicted molar refractivity (Wildman–Crippen MR) is 74.8 cm³/mol. The minimum absolute atomic E-state index is 0.443. The Kier molecular flexibility index (Phi) is 4.19. The normalized spacial score (nSPS) is 12.7. The van der Waals surface area contributed by atoms with E-state index in [-0.39, 0.29) is 0 Å². The van der Waals surface area contributed by atoms with Crippen LogP contribution in [0.4, 0.5) is 0 Å². The van der Waals surface area contributed by atoms with Crippen molar-refractivity contribution in [3.8, 4) is 0 Å². The molecule has 84 valence electrons. The summed E-state index contributed by atoms with van der Waals surface area (Å²) < 4.78 is 2.05. The van der Waals surface area contributed by atoms with Gasteiger partial charge >= 0.3 is 0 Å². The molecule has 16 heavy (non-hydrogen) atoms. The first-order valence-electron chi connectivity index (χ1n) is 4.81. The van der Waals surface area contributed by atoms with E-state index in [2.05, 4.69) is 31.9 Å². The van der Waals surface area contributed by atoms with Crippen LogP contribution in [-0.2, 0) is 6.42 Å². The van der Waals surface area contributed by atoms with Crippen molar-refractivity contribution in [2.75, 3.05) is 0 Å². The zero-order chi connectivity index (χ0) is 11.5. The summed E-state index contributed by atoms with van der Waals surface area (Å²) in [5.41, 5.74) is 2.10. The predicted octanol–water partition coefficient (Wildman–Crippen LogP) is 4.55. The lowest BCUT2D eigenvalue weighted by molar-refractivity contribution is 0.178. The van der Waals surface area contributed by atoms with E-state index in [0.717, 1.165) is 20.1 Å². The average molecular weight is 362 g/mol. The number of thiophene rings is 1. The number of aliphatic hydroxyl groups is 1. The van der Waals surface area contributed by atoms with Gasteiger partial charge in [-0.2, -0.15) is 11.3 Å². The van der Waals surface area contributed by atoms with Gasteiger partial charge in [0.2, 0.25) is 0 Å². The first kappa shape index (κ1) is 12.3. The Balaban J connectivity index is 2.10. The van der Waals surface area contributed by atoms with Crippen molar-refractivity contribution in [1.29, 1.82) is 0 Å². The molecule has 2 rings (SSSR count). The second-order valence-corrected chi connectivity index (χ2v) is 6.04. The first-order valence-corrected chi connectivity index (χ1v) is 7.34. The molecule has 0 bridgehead atoms. The standard InChI is InChI=1S/C12H10Br2OS/c13-9-3-1-8(2-4-9)5-12(15)10-6-16-7-11(10)14/h1-4,6-7,12,15H,5H2. The summed E-state index contributed by atoms with van der Waals surface area (Å²) in [7, 11) is 0. The molecule has 1 aromatic carbocycles. The van der Waals surface area contributed by atoms with Crippen LogP contribution in [0.25, 0.3) is 0 Å².